The van der Waals surface area contributed by atoms with Crippen LogP contribution in [-0.2, 0) is 9.53 Å². The largest absolute Gasteiger partial charge is 0.482 e. The van der Waals surface area contributed by atoms with Gasteiger partial charge in [0.2, 0.25) is 0 Å². The van der Waals surface area contributed by atoms with Crippen LogP contribution in [0.5, 0.6) is 5.75 Å². The van der Waals surface area contributed by atoms with Gasteiger partial charge in [-0.1, -0.05) is 11.6 Å². The van der Waals surface area contributed by atoms with Gasteiger partial charge in [0.15, 0.2) is 6.61 Å². The highest BCUT2D eigenvalue weighted by Gasteiger charge is 2.06. The number of carbonyl (C=O) groups is 2. The molecular formula is C13H16ClNO4. The normalized spacial score (nSPS) is 10.0. The minimum atomic E-state index is -0.230. The lowest BCUT2D eigenvalue weighted by atomic mass is 10.2. The van der Waals surface area contributed by atoms with Gasteiger partial charge in [-0.15, -0.1) is 0 Å². The number of amides is 1. The molecule has 1 aromatic carbocycles. The second kappa shape index (κ2) is 8.50. The van der Waals surface area contributed by atoms with Gasteiger partial charge in [-0.3, -0.25) is 9.59 Å². The molecule has 0 aliphatic heterocycles. The number of methoxy groups -OCH3 is 1. The van der Waals surface area contributed by atoms with Crippen molar-refractivity contribution in [1.82, 2.24) is 5.32 Å². The Balaban J connectivity index is 2.35. The molecule has 0 atom stereocenters. The van der Waals surface area contributed by atoms with Crippen molar-refractivity contribution >= 4 is 23.8 Å². The number of carbonyl (C=O) groups excluding carboxylic acids is 2. The van der Waals surface area contributed by atoms with E-state index in [1.165, 1.54) is 6.07 Å². The van der Waals surface area contributed by atoms with E-state index in [0.717, 1.165) is 6.42 Å². The summed E-state index contributed by atoms with van der Waals surface area (Å²) in [6, 6.07) is 4.62. The summed E-state index contributed by atoms with van der Waals surface area (Å²) in [6.45, 7) is 1.01. The minimum absolute atomic E-state index is 0.118. The van der Waals surface area contributed by atoms with Crippen molar-refractivity contribution in [2.24, 2.45) is 0 Å². The van der Waals surface area contributed by atoms with Crippen molar-refractivity contribution in [3.05, 3.63) is 28.8 Å². The average molecular weight is 286 g/mol. The predicted molar refractivity (Wildman–Crippen MR) is 71.8 cm³/mol. The van der Waals surface area contributed by atoms with E-state index in [4.69, 9.17) is 21.1 Å². The highest BCUT2D eigenvalue weighted by Crippen LogP contribution is 2.24. The third-order valence-electron chi connectivity index (χ3n) is 2.30. The first kappa shape index (κ1) is 15.5. The van der Waals surface area contributed by atoms with E-state index in [1.807, 2.05) is 0 Å². The maximum atomic E-state index is 11.4. The average Bonchev–Trinajstić information content (AvgIpc) is 2.42. The SMILES string of the molecule is COCCCNC(=O)COc1ccc(C=O)cc1Cl. The third kappa shape index (κ3) is 5.72. The minimum Gasteiger partial charge on any atom is -0.482 e. The first-order valence-corrected chi connectivity index (χ1v) is 6.18. The lowest BCUT2D eigenvalue weighted by Gasteiger charge is -2.08. The fourth-order valence-corrected chi connectivity index (χ4v) is 1.59. The molecule has 0 radical (unpaired) electrons. The van der Waals surface area contributed by atoms with E-state index in [-0.39, 0.29) is 12.5 Å². The number of hydrogen-bond donors (Lipinski definition) is 1. The van der Waals surface area contributed by atoms with Crippen LogP contribution in [0.15, 0.2) is 18.2 Å². The van der Waals surface area contributed by atoms with E-state index in [1.54, 1.807) is 19.2 Å². The molecule has 104 valence electrons. The van der Waals surface area contributed by atoms with Crippen LogP contribution >= 0.6 is 11.6 Å². The second-order valence-electron chi connectivity index (χ2n) is 3.79. The van der Waals surface area contributed by atoms with Gasteiger partial charge in [0, 0.05) is 25.8 Å². The second-order valence-corrected chi connectivity index (χ2v) is 4.20. The molecule has 1 aromatic rings. The van der Waals surface area contributed by atoms with Crippen LogP contribution < -0.4 is 10.1 Å². The molecule has 1 rings (SSSR count). The molecule has 0 unspecified atom stereocenters. The van der Waals surface area contributed by atoms with Crippen LogP contribution in [-0.4, -0.2) is 39.1 Å². The fourth-order valence-electron chi connectivity index (χ4n) is 1.35. The molecule has 0 bridgehead atoms. The molecular weight excluding hydrogens is 270 g/mol. The Morgan fingerprint density at radius 2 is 2.26 bits per heavy atom. The fraction of sp³-hybridized carbons (Fsp3) is 0.385. The number of benzene rings is 1. The Kier molecular flexibility index (Phi) is 6.92. The Hall–Kier alpha value is -1.59. The summed E-state index contributed by atoms with van der Waals surface area (Å²) in [5.41, 5.74) is 0.460. The molecule has 19 heavy (non-hydrogen) atoms. The van der Waals surface area contributed by atoms with Crippen molar-refractivity contribution in [2.45, 2.75) is 6.42 Å². The van der Waals surface area contributed by atoms with Crippen molar-refractivity contribution in [2.75, 3.05) is 26.9 Å². The Morgan fingerprint density at radius 3 is 2.89 bits per heavy atom. The Labute approximate surface area is 116 Å². The Morgan fingerprint density at radius 1 is 1.47 bits per heavy atom. The number of aldehydes is 1. The van der Waals surface area contributed by atoms with Crippen molar-refractivity contribution in [3.8, 4) is 5.75 Å². The van der Waals surface area contributed by atoms with Gasteiger partial charge in [0.1, 0.15) is 12.0 Å². The van der Waals surface area contributed by atoms with E-state index in [9.17, 15) is 9.59 Å². The first-order valence-electron chi connectivity index (χ1n) is 5.80. The first-order chi connectivity index (χ1) is 9.17. The van der Waals surface area contributed by atoms with Crippen molar-refractivity contribution < 1.29 is 19.1 Å². The van der Waals surface area contributed by atoms with E-state index < -0.39 is 0 Å². The van der Waals surface area contributed by atoms with Crippen LogP contribution in [0.2, 0.25) is 5.02 Å². The third-order valence-corrected chi connectivity index (χ3v) is 2.59. The summed E-state index contributed by atoms with van der Waals surface area (Å²) in [6.07, 6.45) is 1.44. The monoisotopic (exact) mass is 285 g/mol. The van der Waals surface area contributed by atoms with Crippen LogP contribution in [0.3, 0.4) is 0 Å². The van der Waals surface area contributed by atoms with E-state index in [2.05, 4.69) is 5.32 Å². The van der Waals surface area contributed by atoms with Crippen LogP contribution in [0, 0.1) is 0 Å². The summed E-state index contributed by atoms with van der Waals surface area (Å²) in [7, 11) is 1.61. The van der Waals surface area contributed by atoms with Crippen LogP contribution in [0.1, 0.15) is 16.8 Å². The van der Waals surface area contributed by atoms with Gasteiger partial charge in [0.25, 0.3) is 5.91 Å². The predicted octanol–water partition coefficient (Wildman–Crippen LogP) is 1.68. The molecule has 0 spiro atoms. The van der Waals surface area contributed by atoms with Gasteiger partial charge in [-0.05, 0) is 24.6 Å². The number of nitrogens with one attached hydrogen (secondary N) is 1. The quantitative estimate of drug-likeness (QED) is 0.583. The summed E-state index contributed by atoms with van der Waals surface area (Å²) < 4.78 is 10.1. The molecule has 0 saturated heterocycles. The van der Waals surface area contributed by atoms with Gasteiger partial charge >= 0.3 is 0 Å². The molecule has 0 aromatic heterocycles. The zero-order valence-electron chi connectivity index (χ0n) is 10.6. The van der Waals surface area contributed by atoms with E-state index in [0.29, 0.717) is 35.8 Å². The maximum Gasteiger partial charge on any atom is 0.257 e. The maximum absolute atomic E-state index is 11.4. The lowest BCUT2D eigenvalue weighted by Crippen LogP contribution is -2.30. The zero-order valence-corrected chi connectivity index (χ0v) is 11.4. The molecule has 0 saturated carbocycles. The topological polar surface area (TPSA) is 64.6 Å². The summed E-state index contributed by atoms with van der Waals surface area (Å²) >= 11 is 5.91. The summed E-state index contributed by atoms with van der Waals surface area (Å²) in [5, 5.41) is 2.99. The molecule has 6 heteroatoms. The van der Waals surface area contributed by atoms with Gasteiger partial charge in [0.05, 0.1) is 5.02 Å². The summed E-state index contributed by atoms with van der Waals surface area (Å²) in [5.74, 6) is 0.144. The number of rotatable bonds is 8. The highest BCUT2D eigenvalue weighted by atomic mass is 35.5. The van der Waals surface area contributed by atoms with E-state index >= 15 is 0 Å². The molecule has 0 fully saturated rings. The molecule has 0 heterocycles. The molecule has 0 aliphatic carbocycles. The molecule has 1 amide bonds. The zero-order chi connectivity index (χ0) is 14.1. The van der Waals surface area contributed by atoms with Crippen LogP contribution in [0.25, 0.3) is 0 Å². The Bertz CT molecular complexity index is 437. The molecule has 1 N–H and O–H groups in total. The van der Waals surface area contributed by atoms with Crippen molar-refractivity contribution in [1.29, 1.82) is 0 Å². The number of halogens is 1. The summed E-state index contributed by atoms with van der Waals surface area (Å²) in [4.78, 5) is 22.0. The molecule has 0 aliphatic rings. The highest BCUT2D eigenvalue weighted by molar-refractivity contribution is 6.32. The standard InChI is InChI=1S/C13H16ClNO4/c1-18-6-2-5-15-13(17)9-19-12-4-3-10(8-16)7-11(12)14/h3-4,7-8H,2,5-6,9H2,1H3,(H,15,17). The lowest BCUT2D eigenvalue weighted by molar-refractivity contribution is -0.123. The number of ether oxygens (including phenoxy) is 2. The van der Waals surface area contributed by atoms with Gasteiger partial charge in [-0.2, -0.15) is 0 Å². The van der Waals surface area contributed by atoms with Gasteiger partial charge in [-0.25, -0.2) is 0 Å². The number of hydrogen-bond acceptors (Lipinski definition) is 4. The molecule has 5 nitrogen and oxygen atoms in total. The van der Waals surface area contributed by atoms with Crippen molar-refractivity contribution in [3.63, 3.8) is 0 Å². The smallest absolute Gasteiger partial charge is 0.257 e. The van der Waals surface area contributed by atoms with Gasteiger partial charge < -0.3 is 14.8 Å². The van der Waals surface area contributed by atoms with Crippen LogP contribution in [0.4, 0.5) is 0 Å².